The lowest BCUT2D eigenvalue weighted by atomic mass is 11.6. The van der Waals surface area contributed by atoms with Crippen molar-refractivity contribution < 1.29 is 24.4 Å². The third-order valence-corrected chi connectivity index (χ3v) is 1.17. The highest BCUT2D eigenvalue weighted by Gasteiger charge is 2.16. The van der Waals surface area contributed by atoms with Crippen LogP contribution < -0.4 is 0 Å². The van der Waals surface area contributed by atoms with E-state index in [-0.39, 0.29) is 0 Å². The second kappa shape index (κ2) is 2.47. The molecule has 0 aromatic carbocycles. The third kappa shape index (κ3) is 1.75. The summed E-state index contributed by atoms with van der Waals surface area (Å²) in [6.07, 6.45) is 0. The summed E-state index contributed by atoms with van der Waals surface area (Å²) in [7, 11) is -3.44. The quantitative estimate of drug-likeness (QED) is 0.553. The number of rotatable bonds is 2. The first kappa shape index (κ1) is 7.17. The Labute approximate surface area is 44.7 Å². The van der Waals surface area contributed by atoms with Crippen molar-refractivity contribution in [2.45, 2.75) is 0 Å². The van der Waals surface area contributed by atoms with Gasteiger partial charge in [0.25, 0.3) is 7.80 Å². The highest BCUT2D eigenvalue weighted by Crippen LogP contribution is 2.20. The fourth-order valence-corrected chi connectivity index (χ4v) is 0.274. The number of carboxylic acid groups (broad SMARTS) is 2. The maximum atomic E-state index is 9.83. The summed E-state index contributed by atoms with van der Waals surface area (Å²) in [6.45, 7) is 0. The maximum Gasteiger partial charge on any atom is 0.370 e. The van der Waals surface area contributed by atoms with E-state index in [2.05, 4.69) is 0 Å². The molecule has 0 aliphatic rings. The smallest absolute Gasteiger partial charge is 0.370 e. The fraction of sp³-hybridized carbons (Fsp3) is 0. The molecule has 0 atom stereocenters. The van der Waals surface area contributed by atoms with Crippen LogP contribution in [0.1, 0.15) is 0 Å². The van der Waals surface area contributed by atoms with Gasteiger partial charge >= 0.3 is 11.4 Å². The fourth-order valence-electron chi connectivity index (χ4n) is 0.0915. The van der Waals surface area contributed by atoms with Gasteiger partial charge in [-0.3, -0.25) is 0 Å². The van der Waals surface area contributed by atoms with E-state index in [1.165, 1.54) is 0 Å². The van der Waals surface area contributed by atoms with Gasteiger partial charge in [-0.15, -0.1) is 0 Å². The lowest BCUT2D eigenvalue weighted by Crippen LogP contribution is -1.91. The molecule has 0 saturated heterocycles. The maximum absolute atomic E-state index is 9.83. The summed E-state index contributed by atoms with van der Waals surface area (Å²) < 4.78 is 9.83. The van der Waals surface area contributed by atoms with Gasteiger partial charge in [-0.1, -0.05) is 0 Å². The van der Waals surface area contributed by atoms with E-state index in [1.807, 2.05) is 0 Å². The number of carbonyl (C=O) groups is 2. The zero-order valence-corrected chi connectivity index (χ0v) is 4.62. The van der Waals surface area contributed by atoms with E-state index >= 15 is 0 Å². The van der Waals surface area contributed by atoms with E-state index in [9.17, 15) is 14.2 Å². The molecule has 0 aliphatic carbocycles. The average molecular weight is 138 g/mol. The van der Waals surface area contributed by atoms with Crippen LogP contribution in [0.15, 0.2) is 0 Å². The molecule has 46 valence electrons. The second-order valence-electron chi connectivity index (χ2n) is 0.939. The van der Waals surface area contributed by atoms with Gasteiger partial charge < -0.3 is 14.8 Å². The van der Waals surface area contributed by atoms with Crippen molar-refractivity contribution in [2.75, 3.05) is 0 Å². The van der Waals surface area contributed by atoms with Crippen LogP contribution in [0.5, 0.6) is 0 Å². The van der Waals surface area contributed by atoms with Gasteiger partial charge in [-0.05, 0) is 0 Å². The minimum atomic E-state index is -3.44. The first-order chi connectivity index (χ1) is 3.55. The summed E-state index contributed by atoms with van der Waals surface area (Å²) in [5.74, 6) is 0. The first-order valence-electron chi connectivity index (χ1n) is 1.56. The molecule has 0 radical (unpaired) electrons. The SMILES string of the molecule is O=C(O)[PH](=O)C(=O)O. The zero-order chi connectivity index (χ0) is 6.73. The summed E-state index contributed by atoms with van der Waals surface area (Å²) in [4.78, 5) is 19.0. The Morgan fingerprint density at radius 1 is 1.12 bits per heavy atom. The lowest BCUT2D eigenvalue weighted by Gasteiger charge is -1.82. The molecule has 0 saturated carbocycles. The van der Waals surface area contributed by atoms with Crippen molar-refractivity contribution >= 4 is 19.2 Å². The Bertz CT molecular complexity index is 133. The van der Waals surface area contributed by atoms with Crippen molar-refractivity contribution in [3.8, 4) is 0 Å². The van der Waals surface area contributed by atoms with Gasteiger partial charge in [0.15, 0.2) is 0 Å². The molecule has 0 rings (SSSR count). The highest BCUT2D eigenvalue weighted by atomic mass is 31.1. The van der Waals surface area contributed by atoms with Crippen LogP contribution in [0.25, 0.3) is 0 Å². The molecule has 2 N–H and O–H groups in total. The van der Waals surface area contributed by atoms with Gasteiger partial charge in [-0.2, -0.15) is 0 Å². The van der Waals surface area contributed by atoms with E-state index in [0.717, 1.165) is 0 Å². The number of hydrogen-bond acceptors (Lipinski definition) is 3. The molecule has 0 aromatic heterocycles. The van der Waals surface area contributed by atoms with Gasteiger partial charge in [0.1, 0.15) is 0 Å². The molecule has 6 heteroatoms. The summed E-state index contributed by atoms with van der Waals surface area (Å²) >= 11 is 0. The Kier molecular flexibility index (Phi) is 2.21. The molecule has 0 amide bonds. The van der Waals surface area contributed by atoms with E-state index in [4.69, 9.17) is 10.2 Å². The summed E-state index contributed by atoms with van der Waals surface area (Å²) in [5.41, 5.74) is -3.52. The molecular weight excluding hydrogens is 135 g/mol. The van der Waals surface area contributed by atoms with Crippen molar-refractivity contribution in [3.05, 3.63) is 0 Å². The van der Waals surface area contributed by atoms with Gasteiger partial charge in [0, 0.05) is 0 Å². The topological polar surface area (TPSA) is 91.7 Å². The predicted molar refractivity (Wildman–Crippen MR) is 25.1 cm³/mol. The van der Waals surface area contributed by atoms with Crippen molar-refractivity contribution in [1.82, 2.24) is 0 Å². The van der Waals surface area contributed by atoms with Crippen LogP contribution in [-0.4, -0.2) is 21.6 Å². The molecule has 0 aliphatic heterocycles. The number of hydrogen-bond donors (Lipinski definition) is 2. The standard InChI is InChI=1S/C2H3O5P/c3-1(4)8(7)2(5)6/h8H,(H,3,4)(H,5,6). The molecule has 0 fully saturated rings. The van der Waals surface area contributed by atoms with Crippen LogP contribution in [0.3, 0.4) is 0 Å². The Balaban J connectivity index is 4.05. The van der Waals surface area contributed by atoms with Crippen LogP contribution in [0.2, 0.25) is 0 Å². The predicted octanol–water partition coefficient (Wildman–Crippen LogP) is 0.902. The van der Waals surface area contributed by atoms with Crippen LogP contribution in [0.4, 0.5) is 9.59 Å². The molecule has 0 aromatic rings. The normalized spacial score (nSPS) is 9.12. The van der Waals surface area contributed by atoms with Gasteiger partial charge in [0.2, 0.25) is 0 Å². The molecule has 5 nitrogen and oxygen atoms in total. The van der Waals surface area contributed by atoms with Crippen molar-refractivity contribution in [3.63, 3.8) is 0 Å². The summed E-state index contributed by atoms with van der Waals surface area (Å²) in [5, 5.41) is 15.4. The minimum Gasteiger partial charge on any atom is -0.476 e. The molecule has 0 bridgehead atoms. The molecule has 0 heterocycles. The first-order valence-corrected chi connectivity index (χ1v) is 2.97. The van der Waals surface area contributed by atoms with E-state index in [0.29, 0.717) is 0 Å². The van der Waals surface area contributed by atoms with Crippen LogP contribution in [-0.2, 0) is 4.57 Å². The van der Waals surface area contributed by atoms with Crippen LogP contribution in [0, 0.1) is 0 Å². The average Bonchev–Trinajstić information content (AvgIpc) is 1.64. The van der Waals surface area contributed by atoms with Gasteiger partial charge in [0.05, 0.1) is 0 Å². The van der Waals surface area contributed by atoms with E-state index in [1.54, 1.807) is 0 Å². The van der Waals surface area contributed by atoms with Crippen molar-refractivity contribution in [2.24, 2.45) is 0 Å². The Morgan fingerprint density at radius 3 is 1.38 bits per heavy atom. The Hall–Kier alpha value is -0.830. The minimum absolute atomic E-state index is 1.76. The summed E-state index contributed by atoms with van der Waals surface area (Å²) in [6, 6.07) is 0. The lowest BCUT2D eigenvalue weighted by molar-refractivity contribution is 0.213. The molecular formula is C2H3O5P. The largest absolute Gasteiger partial charge is 0.476 e. The molecule has 8 heavy (non-hydrogen) atoms. The Morgan fingerprint density at radius 2 is 1.38 bits per heavy atom. The van der Waals surface area contributed by atoms with Gasteiger partial charge in [-0.25, -0.2) is 9.59 Å². The highest BCUT2D eigenvalue weighted by molar-refractivity contribution is 7.77. The molecule has 0 unspecified atom stereocenters. The zero-order valence-electron chi connectivity index (χ0n) is 3.62. The molecule has 0 spiro atoms. The second-order valence-corrected chi connectivity index (χ2v) is 2.45. The van der Waals surface area contributed by atoms with Crippen molar-refractivity contribution in [1.29, 1.82) is 0 Å². The van der Waals surface area contributed by atoms with E-state index < -0.39 is 19.2 Å². The van der Waals surface area contributed by atoms with Crippen LogP contribution >= 0.6 is 7.80 Å². The third-order valence-electron chi connectivity index (χ3n) is 0.388. The monoisotopic (exact) mass is 138 g/mol.